The topological polar surface area (TPSA) is 104 Å². The Hall–Kier alpha value is -3.27. The van der Waals surface area contributed by atoms with Gasteiger partial charge in [-0.2, -0.15) is 0 Å². The maximum absolute atomic E-state index is 12.9. The Bertz CT molecular complexity index is 1280. The number of nitrogens with zero attached hydrogens (tertiary/aromatic N) is 2. The SMILES string of the molecule is CC[NH+](CC)CCOC(=O)c1ccc(N=Cc2c([O-])n(-c3ccc(Cl)cc3)c(=S)[nH]c2=O)cc1. The lowest BCUT2D eigenvalue weighted by Gasteiger charge is -2.19. The minimum atomic E-state index is -0.639. The maximum atomic E-state index is 12.9. The highest BCUT2D eigenvalue weighted by atomic mass is 35.5. The third-order valence-corrected chi connectivity index (χ3v) is 5.86. The van der Waals surface area contributed by atoms with Crippen molar-refractivity contribution in [3.8, 4) is 11.6 Å². The molecule has 0 unspecified atom stereocenters. The van der Waals surface area contributed by atoms with Crippen LogP contribution >= 0.6 is 23.8 Å². The molecule has 0 atom stereocenters. The number of rotatable bonds is 9. The number of hydrogen-bond acceptors (Lipinski definition) is 6. The summed E-state index contributed by atoms with van der Waals surface area (Å²) in [5.41, 5.74) is 0.511. The quantitative estimate of drug-likeness (QED) is 0.267. The van der Waals surface area contributed by atoms with E-state index in [1.54, 1.807) is 48.5 Å². The fourth-order valence-electron chi connectivity index (χ4n) is 3.27. The zero-order chi connectivity index (χ0) is 24.7. The molecule has 1 heterocycles. The van der Waals surface area contributed by atoms with Gasteiger partial charge in [0.25, 0.3) is 5.56 Å². The van der Waals surface area contributed by atoms with E-state index in [1.165, 1.54) is 15.7 Å². The van der Waals surface area contributed by atoms with Gasteiger partial charge in [0.05, 0.1) is 29.9 Å². The second-order valence-corrected chi connectivity index (χ2v) is 8.26. The molecule has 2 N–H and O–H groups in total. The Morgan fingerprint density at radius 1 is 1.18 bits per heavy atom. The van der Waals surface area contributed by atoms with Gasteiger partial charge in [-0.1, -0.05) is 11.6 Å². The average molecular weight is 501 g/mol. The highest BCUT2D eigenvalue weighted by Gasteiger charge is 2.10. The van der Waals surface area contributed by atoms with E-state index in [4.69, 9.17) is 28.6 Å². The molecule has 34 heavy (non-hydrogen) atoms. The number of aromatic amines is 1. The molecule has 3 aromatic rings. The molecule has 0 bridgehead atoms. The zero-order valence-corrected chi connectivity index (χ0v) is 20.4. The molecular weight excluding hydrogens is 476 g/mol. The van der Waals surface area contributed by atoms with E-state index in [0.717, 1.165) is 19.6 Å². The first-order valence-corrected chi connectivity index (χ1v) is 11.6. The van der Waals surface area contributed by atoms with Gasteiger partial charge < -0.3 is 19.3 Å². The Labute approximate surface area is 207 Å². The van der Waals surface area contributed by atoms with Crippen LogP contribution in [0.1, 0.15) is 29.8 Å². The van der Waals surface area contributed by atoms with Crippen LogP contribution in [0.15, 0.2) is 58.3 Å². The normalized spacial score (nSPS) is 11.3. The van der Waals surface area contributed by atoms with Crippen LogP contribution in [0.3, 0.4) is 0 Å². The van der Waals surface area contributed by atoms with E-state index in [9.17, 15) is 14.7 Å². The monoisotopic (exact) mass is 500 g/mol. The minimum Gasteiger partial charge on any atom is -0.859 e. The van der Waals surface area contributed by atoms with Crippen molar-refractivity contribution in [2.45, 2.75) is 13.8 Å². The Kier molecular flexibility index (Phi) is 8.75. The van der Waals surface area contributed by atoms with Crippen LogP contribution in [-0.4, -0.2) is 48.0 Å². The van der Waals surface area contributed by atoms with Crippen LogP contribution < -0.4 is 15.6 Å². The molecule has 0 aliphatic carbocycles. The summed E-state index contributed by atoms with van der Waals surface area (Å²) in [5, 5.41) is 13.4. The third-order valence-electron chi connectivity index (χ3n) is 5.32. The number of H-pyrrole nitrogens is 1. The van der Waals surface area contributed by atoms with E-state index >= 15 is 0 Å². The van der Waals surface area contributed by atoms with Gasteiger partial charge in [-0.15, -0.1) is 0 Å². The molecule has 0 radical (unpaired) electrons. The average Bonchev–Trinajstić information content (AvgIpc) is 2.83. The minimum absolute atomic E-state index is 0.0278. The molecule has 0 amide bonds. The second kappa shape index (κ2) is 11.7. The highest BCUT2D eigenvalue weighted by molar-refractivity contribution is 7.71. The predicted octanol–water partition coefficient (Wildman–Crippen LogP) is 2.45. The molecule has 0 fully saturated rings. The van der Waals surface area contributed by atoms with Gasteiger partial charge in [-0.25, -0.2) is 4.79 Å². The fourth-order valence-corrected chi connectivity index (χ4v) is 3.67. The first-order chi connectivity index (χ1) is 16.3. The lowest BCUT2D eigenvalue weighted by Crippen LogP contribution is -3.11. The Morgan fingerprint density at radius 3 is 2.44 bits per heavy atom. The molecule has 10 heteroatoms. The number of halogens is 1. The van der Waals surface area contributed by atoms with E-state index in [2.05, 4.69) is 23.8 Å². The number of likely N-dealkylation sites (N-methyl/N-ethyl adjacent to an activating group) is 1. The van der Waals surface area contributed by atoms with Crippen molar-refractivity contribution in [2.24, 2.45) is 4.99 Å². The molecule has 0 spiro atoms. The first-order valence-electron chi connectivity index (χ1n) is 10.8. The van der Waals surface area contributed by atoms with Crippen LogP contribution in [0.2, 0.25) is 5.02 Å². The number of esters is 1. The van der Waals surface area contributed by atoms with Crippen molar-refractivity contribution in [3.05, 3.63) is 79.8 Å². The number of aliphatic imine (C=N–C) groups is 1. The molecule has 0 aliphatic rings. The summed E-state index contributed by atoms with van der Waals surface area (Å²) in [7, 11) is 0. The van der Waals surface area contributed by atoms with Crippen molar-refractivity contribution in [1.82, 2.24) is 9.55 Å². The van der Waals surface area contributed by atoms with Crippen LogP contribution in [0.25, 0.3) is 5.69 Å². The van der Waals surface area contributed by atoms with Crippen LogP contribution in [-0.2, 0) is 4.74 Å². The summed E-state index contributed by atoms with van der Waals surface area (Å²) in [5.74, 6) is -1.01. The number of carbonyl (C=O) groups excluding carboxylic acids is 1. The summed E-state index contributed by atoms with van der Waals surface area (Å²) in [6.07, 6.45) is 1.18. The highest BCUT2D eigenvalue weighted by Crippen LogP contribution is 2.19. The molecule has 2 aromatic carbocycles. The molecule has 0 saturated carbocycles. The van der Waals surface area contributed by atoms with Gasteiger partial charge in [0.15, 0.2) is 4.77 Å². The summed E-state index contributed by atoms with van der Waals surface area (Å²) in [6, 6.07) is 12.9. The predicted molar refractivity (Wildman–Crippen MR) is 133 cm³/mol. The molecule has 178 valence electrons. The summed E-state index contributed by atoms with van der Waals surface area (Å²) >= 11 is 11.1. The number of hydrogen-bond donors (Lipinski definition) is 2. The van der Waals surface area contributed by atoms with Crippen molar-refractivity contribution in [1.29, 1.82) is 0 Å². The number of carbonyl (C=O) groups is 1. The molecule has 8 nitrogen and oxygen atoms in total. The molecule has 0 aliphatic heterocycles. The van der Waals surface area contributed by atoms with Gasteiger partial charge in [0, 0.05) is 16.9 Å². The van der Waals surface area contributed by atoms with Gasteiger partial charge in [0.2, 0.25) is 0 Å². The van der Waals surface area contributed by atoms with Crippen LogP contribution in [0.4, 0.5) is 5.69 Å². The van der Waals surface area contributed by atoms with Crippen molar-refractivity contribution < 1.29 is 19.5 Å². The van der Waals surface area contributed by atoms with E-state index in [1.807, 2.05) is 0 Å². The lowest BCUT2D eigenvalue weighted by molar-refractivity contribution is -0.896. The van der Waals surface area contributed by atoms with E-state index < -0.39 is 17.4 Å². The maximum Gasteiger partial charge on any atom is 0.338 e. The fraction of sp³-hybridized carbons (Fsp3) is 0.250. The van der Waals surface area contributed by atoms with Crippen molar-refractivity contribution in [3.63, 3.8) is 0 Å². The molecular formula is C24H25ClN4O4S. The Balaban J connectivity index is 1.76. The van der Waals surface area contributed by atoms with Crippen molar-refractivity contribution >= 4 is 41.7 Å². The van der Waals surface area contributed by atoms with Gasteiger partial charge in [-0.3, -0.25) is 14.8 Å². The van der Waals surface area contributed by atoms with Gasteiger partial charge in [0.1, 0.15) is 13.2 Å². The first kappa shape index (κ1) is 25.4. The largest absolute Gasteiger partial charge is 0.859 e. The molecule has 3 rings (SSSR count). The zero-order valence-electron chi connectivity index (χ0n) is 18.8. The molecule has 0 saturated heterocycles. The smallest absolute Gasteiger partial charge is 0.338 e. The van der Waals surface area contributed by atoms with E-state index in [-0.39, 0.29) is 10.3 Å². The standard InChI is InChI=1S/C24H25ClN4O4S/c1-3-28(4-2)13-14-33-23(32)16-5-9-18(10-6-16)26-15-20-21(30)27-24(34)29(22(20)31)19-11-7-17(25)8-12-19/h5-12,15,31H,3-4,13-14H2,1-2H3,(H,27,30,34). The number of ether oxygens (including phenoxy) is 1. The van der Waals surface area contributed by atoms with Gasteiger partial charge in [-0.05, 0) is 80.5 Å². The summed E-state index contributed by atoms with van der Waals surface area (Å²) < 4.78 is 6.50. The number of nitrogens with one attached hydrogen (secondary N) is 2. The third kappa shape index (κ3) is 6.19. The van der Waals surface area contributed by atoms with E-state index in [0.29, 0.717) is 28.6 Å². The summed E-state index contributed by atoms with van der Waals surface area (Å²) in [4.78, 5) is 32.6. The van der Waals surface area contributed by atoms with Crippen LogP contribution in [0.5, 0.6) is 5.88 Å². The van der Waals surface area contributed by atoms with Crippen molar-refractivity contribution in [2.75, 3.05) is 26.2 Å². The number of benzene rings is 2. The lowest BCUT2D eigenvalue weighted by atomic mass is 10.2. The van der Waals surface area contributed by atoms with Gasteiger partial charge >= 0.3 is 5.97 Å². The molecule has 1 aromatic heterocycles. The number of quaternary nitrogens is 1. The summed E-state index contributed by atoms with van der Waals surface area (Å²) in [6.45, 7) is 7.23. The second-order valence-electron chi connectivity index (χ2n) is 7.44. The van der Waals surface area contributed by atoms with Crippen LogP contribution in [0, 0.1) is 4.77 Å². The number of aromatic nitrogens is 2. The Morgan fingerprint density at radius 2 is 1.82 bits per heavy atom.